The topological polar surface area (TPSA) is 30.0 Å². The third-order valence-electron chi connectivity index (χ3n) is 0. The molecule has 0 rings (SSSR count). The average Bonchev–Trinajstić information content (AvgIpc) is 0. The summed E-state index contributed by atoms with van der Waals surface area (Å²) >= 11 is 0. The fourth-order valence-electron chi connectivity index (χ4n) is 0. The van der Waals surface area contributed by atoms with Crippen molar-refractivity contribution in [1.82, 2.24) is 0 Å². The van der Waals surface area contributed by atoms with Crippen molar-refractivity contribution in [2.45, 2.75) is 0 Å². The van der Waals surface area contributed by atoms with Gasteiger partial charge in [-0.05, 0) is 0 Å². The van der Waals surface area contributed by atoms with Gasteiger partial charge in [-0.3, -0.25) is 0 Å². The second-order valence-electron chi connectivity index (χ2n) is 0. The molecule has 0 saturated heterocycles. The van der Waals surface area contributed by atoms with Crippen LogP contribution in [0, 0.1) is 0 Å². The van der Waals surface area contributed by atoms with Crippen LogP contribution >= 0.6 is 0 Å². The Labute approximate surface area is 96.1 Å². The van der Waals surface area contributed by atoms with Gasteiger partial charge in [0.2, 0.25) is 0 Å². The van der Waals surface area contributed by atoms with Crippen LogP contribution in [-0.4, -0.2) is 54.4 Å². The first-order chi connectivity index (χ1) is 0. The molecule has 0 fully saturated rings. The number of rotatable bonds is 0. The number of hydrogen-bond donors (Lipinski definition) is 0. The Morgan fingerprint density at radius 1 is 1.00 bits per heavy atom. The largest absolute Gasteiger partial charge is 0.870 e. The van der Waals surface area contributed by atoms with Crippen molar-refractivity contribution in [2.75, 3.05) is 0 Å². The van der Waals surface area contributed by atoms with Crippen LogP contribution < -0.4 is 0 Å². The van der Waals surface area contributed by atoms with Crippen molar-refractivity contribution in [1.29, 1.82) is 0 Å². The third kappa shape index (κ3) is 8.88. The molecule has 0 atom stereocenters. The van der Waals surface area contributed by atoms with Crippen molar-refractivity contribution in [3.05, 3.63) is 0 Å². The maximum atomic E-state index is 0. The molecular weight excluding hydrogens is 294 g/mol. The van der Waals surface area contributed by atoms with Crippen molar-refractivity contribution in [3.8, 4) is 0 Å². The zero-order chi connectivity index (χ0) is 0. The smallest absolute Gasteiger partial charge is 0 e. The molecule has 0 aliphatic heterocycles. The van der Waals surface area contributed by atoms with Gasteiger partial charge in [0.1, 0.15) is 0 Å². The summed E-state index contributed by atoms with van der Waals surface area (Å²) in [4.78, 5) is 0. The molecule has 0 aromatic carbocycles. The van der Waals surface area contributed by atoms with Crippen LogP contribution in [0.4, 0.5) is 0 Å². The standard InChI is InChI=1S/Ba.Nb.H2O.Ti.H/h;;1H2;;/q+1;;;;/p-1. The normalized spacial score (nSPS) is 0. The summed E-state index contributed by atoms with van der Waals surface area (Å²) in [7, 11) is 0. The van der Waals surface area contributed by atoms with Gasteiger partial charge in [0, 0.05) is 44.1 Å². The van der Waals surface area contributed by atoms with E-state index < -0.39 is 0 Å². The minimum absolute atomic E-state index is 0. The molecule has 0 amide bonds. The fraction of sp³-hybridized carbons (Fsp3) is 0. The zero-order valence-corrected chi connectivity index (χ0v) is 12.4. The SMILES string of the molecule is [BaH+].[Nb].[OH-].[Ti]. The van der Waals surface area contributed by atoms with Crippen molar-refractivity contribution in [3.63, 3.8) is 0 Å². The monoisotopic (exact) mass is 297 g/mol. The second kappa shape index (κ2) is 16.7. The van der Waals surface area contributed by atoms with Crippen molar-refractivity contribution >= 4 is 48.9 Å². The van der Waals surface area contributed by atoms with E-state index >= 15 is 0 Å². The zero-order valence-electron chi connectivity index (χ0n) is 2.39. The molecule has 0 aromatic rings. The predicted octanol–water partition coefficient (Wildman–Crippen LogP) is -0.830. The molecule has 0 aliphatic rings. The van der Waals surface area contributed by atoms with E-state index in [4.69, 9.17) is 0 Å². The van der Waals surface area contributed by atoms with Gasteiger partial charge in [-0.2, -0.15) is 0 Å². The van der Waals surface area contributed by atoms with Gasteiger partial charge in [0.15, 0.2) is 0 Å². The van der Waals surface area contributed by atoms with Crippen LogP contribution in [0.15, 0.2) is 0 Å². The Morgan fingerprint density at radius 2 is 1.00 bits per heavy atom. The molecule has 4 heavy (non-hydrogen) atoms. The summed E-state index contributed by atoms with van der Waals surface area (Å²) < 4.78 is 0. The van der Waals surface area contributed by atoms with E-state index in [0.29, 0.717) is 0 Å². The molecule has 1 radical (unpaired) electrons. The Kier molecular flexibility index (Phi) is 117. The predicted molar refractivity (Wildman–Crippen MR) is 9.08 cm³/mol. The Bertz CT molecular complexity index is 8.00. The molecule has 19 valence electrons. The van der Waals surface area contributed by atoms with Crippen LogP contribution in [0.25, 0.3) is 0 Å². The Hall–Kier alpha value is 2.99. The molecule has 0 aliphatic carbocycles. The first-order valence-corrected chi connectivity index (χ1v) is 0. The van der Waals surface area contributed by atoms with E-state index in [2.05, 4.69) is 0 Å². The minimum Gasteiger partial charge on any atom is -0.870 e. The van der Waals surface area contributed by atoms with Crippen LogP contribution in [-0.2, 0) is 44.1 Å². The average molecular weight is 296 g/mol. The summed E-state index contributed by atoms with van der Waals surface area (Å²) in [6.45, 7) is 0. The molecule has 0 heterocycles. The van der Waals surface area contributed by atoms with E-state index in [1.165, 1.54) is 0 Å². The molecule has 4 heteroatoms. The van der Waals surface area contributed by atoms with E-state index in [1.807, 2.05) is 0 Å². The Morgan fingerprint density at radius 3 is 1.00 bits per heavy atom. The molecule has 1 N–H and O–H groups in total. The van der Waals surface area contributed by atoms with Gasteiger partial charge in [0.25, 0.3) is 0 Å². The molecule has 0 saturated carbocycles. The molecule has 1 nitrogen and oxygen atoms in total. The molecular formula is H2BaNbOTi. The number of hydrogen-bond acceptors (Lipinski definition) is 1. The third-order valence-corrected chi connectivity index (χ3v) is 0. The van der Waals surface area contributed by atoms with E-state index in [1.54, 1.807) is 0 Å². The van der Waals surface area contributed by atoms with E-state index in [-0.39, 0.29) is 98.5 Å². The van der Waals surface area contributed by atoms with Gasteiger partial charge in [-0.15, -0.1) is 0 Å². The van der Waals surface area contributed by atoms with Gasteiger partial charge < -0.3 is 5.48 Å². The summed E-state index contributed by atoms with van der Waals surface area (Å²) in [5, 5.41) is 0. The first-order valence-electron chi connectivity index (χ1n) is 0. The second-order valence-corrected chi connectivity index (χ2v) is 0. The minimum atomic E-state index is 0. The van der Waals surface area contributed by atoms with Crippen molar-refractivity contribution in [2.24, 2.45) is 0 Å². The van der Waals surface area contributed by atoms with Crippen LogP contribution in [0.1, 0.15) is 0 Å². The first kappa shape index (κ1) is 28.1. The maximum Gasteiger partial charge on any atom is 0 e. The fourth-order valence-corrected chi connectivity index (χ4v) is 0. The maximum absolute atomic E-state index is 0. The molecule has 0 unspecified atom stereocenters. The molecule has 0 spiro atoms. The summed E-state index contributed by atoms with van der Waals surface area (Å²) in [5.41, 5.74) is 0. The van der Waals surface area contributed by atoms with Crippen molar-refractivity contribution < 1.29 is 49.6 Å². The van der Waals surface area contributed by atoms with E-state index in [0.717, 1.165) is 0 Å². The van der Waals surface area contributed by atoms with E-state index in [9.17, 15) is 0 Å². The summed E-state index contributed by atoms with van der Waals surface area (Å²) in [5.74, 6) is 0. The molecule has 0 bridgehead atoms. The summed E-state index contributed by atoms with van der Waals surface area (Å²) in [6, 6.07) is 0. The van der Waals surface area contributed by atoms with Gasteiger partial charge in [-0.25, -0.2) is 0 Å². The van der Waals surface area contributed by atoms with Gasteiger partial charge in [-0.1, -0.05) is 0 Å². The van der Waals surface area contributed by atoms with Crippen LogP contribution in [0.3, 0.4) is 0 Å². The van der Waals surface area contributed by atoms with Gasteiger partial charge in [0.05, 0.1) is 0 Å². The quantitative estimate of drug-likeness (QED) is 0.537. The van der Waals surface area contributed by atoms with Crippen LogP contribution in [0.5, 0.6) is 0 Å². The van der Waals surface area contributed by atoms with Gasteiger partial charge >= 0.3 is 48.9 Å². The van der Waals surface area contributed by atoms with Crippen LogP contribution in [0.2, 0.25) is 0 Å². The summed E-state index contributed by atoms with van der Waals surface area (Å²) in [6.07, 6.45) is 0. The Balaban J connectivity index is 0. The molecule has 0 aromatic heterocycles.